The quantitative estimate of drug-likeness (QED) is 0.519. The summed E-state index contributed by atoms with van der Waals surface area (Å²) in [6.45, 7) is 4.87. The number of amides is 1. The molecule has 2 heterocycles. The zero-order chi connectivity index (χ0) is 23.0. The Bertz CT molecular complexity index is 1020. The first kappa shape index (κ1) is 23.1. The summed E-state index contributed by atoms with van der Waals surface area (Å²) >= 11 is 0. The summed E-state index contributed by atoms with van der Waals surface area (Å²) in [4.78, 5) is 21.1. The van der Waals surface area contributed by atoms with Gasteiger partial charge >= 0.3 is 0 Å². The second-order valence-corrected chi connectivity index (χ2v) is 8.36. The fourth-order valence-corrected chi connectivity index (χ4v) is 3.93. The predicted octanol–water partition coefficient (Wildman–Crippen LogP) is 2.46. The third-order valence-corrected chi connectivity index (χ3v) is 5.76. The number of aliphatic hydroxyl groups is 1. The summed E-state index contributed by atoms with van der Waals surface area (Å²) in [5, 5.41) is 13.2. The zero-order valence-corrected chi connectivity index (χ0v) is 18.5. The summed E-state index contributed by atoms with van der Waals surface area (Å²) < 4.78 is 18.5. The topological polar surface area (TPSA) is 81.8 Å². The molecule has 1 aromatic heterocycles. The number of carbonyl (C=O) groups excluding carboxylic acids is 1. The van der Waals surface area contributed by atoms with E-state index in [-0.39, 0.29) is 23.5 Å². The van der Waals surface area contributed by atoms with E-state index in [1.54, 1.807) is 12.1 Å². The second kappa shape index (κ2) is 11.2. The first-order valence-electron chi connectivity index (χ1n) is 11.2. The molecule has 2 aromatic carbocycles. The molecule has 4 rings (SSSR count). The van der Waals surface area contributed by atoms with E-state index in [4.69, 9.17) is 4.42 Å². The minimum absolute atomic E-state index is 0.231. The number of halogens is 1. The molecule has 1 fully saturated rings. The lowest BCUT2D eigenvalue weighted by Gasteiger charge is -2.35. The number of nitrogens with one attached hydrogen (secondary N) is 1. The maximum atomic E-state index is 13.0. The van der Waals surface area contributed by atoms with Crippen molar-refractivity contribution in [1.29, 1.82) is 0 Å². The molecule has 3 aromatic rings. The van der Waals surface area contributed by atoms with Crippen LogP contribution in [0, 0.1) is 5.82 Å². The van der Waals surface area contributed by atoms with Gasteiger partial charge in [0.25, 0.3) is 5.91 Å². The maximum absolute atomic E-state index is 13.0. The molecule has 0 aliphatic carbocycles. The number of hydrogen-bond donors (Lipinski definition) is 2. The van der Waals surface area contributed by atoms with Gasteiger partial charge in [0, 0.05) is 39.3 Å². The van der Waals surface area contributed by atoms with Gasteiger partial charge in [-0.15, -0.1) is 0 Å². The van der Waals surface area contributed by atoms with Crippen LogP contribution in [0.3, 0.4) is 0 Å². The number of β-amino-alcohol motifs (C(OH)–C–C–N with tert-alkyl or cyclic N) is 1. The molecule has 0 unspecified atom stereocenters. The van der Waals surface area contributed by atoms with Gasteiger partial charge in [0.2, 0.25) is 5.89 Å². The third kappa shape index (κ3) is 6.95. The molecule has 7 nitrogen and oxygen atoms in total. The number of aromatic nitrogens is 1. The Hall–Kier alpha value is -3.07. The van der Waals surface area contributed by atoms with Crippen molar-refractivity contribution in [2.45, 2.75) is 25.6 Å². The van der Waals surface area contributed by atoms with Gasteiger partial charge in [-0.3, -0.25) is 14.6 Å². The molecule has 0 spiro atoms. The number of nitrogens with zero attached hydrogens (tertiary/aromatic N) is 3. The van der Waals surface area contributed by atoms with Gasteiger partial charge in [-0.2, -0.15) is 0 Å². The molecule has 174 valence electrons. The highest BCUT2D eigenvalue weighted by Crippen LogP contribution is 2.11. The standard InChI is InChI=1S/C25H29FN4O3/c26-21-8-6-20(7-9-21)15-27-25(32)23-18-33-24(28-23)17-30-12-10-29(11-13-30)16-22(31)14-19-4-2-1-3-5-19/h1-9,18,22,31H,10-17H2,(H,27,32)/t22-/m0/s1. The van der Waals surface area contributed by atoms with Crippen LogP contribution in [-0.2, 0) is 19.5 Å². The van der Waals surface area contributed by atoms with Gasteiger partial charge in [0.1, 0.15) is 12.1 Å². The smallest absolute Gasteiger partial charge is 0.273 e. The predicted molar refractivity (Wildman–Crippen MR) is 122 cm³/mol. The van der Waals surface area contributed by atoms with Gasteiger partial charge in [0.05, 0.1) is 12.6 Å². The van der Waals surface area contributed by atoms with Crippen molar-refractivity contribution in [3.8, 4) is 0 Å². The largest absolute Gasteiger partial charge is 0.447 e. The molecule has 33 heavy (non-hydrogen) atoms. The fraction of sp³-hybridized carbons (Fsp3) is 0.360. The maximum Gasteiger partial charge on any atom is 0.273 e. The number of piperazine rings is 1. The van der Waals surface area contributed by atoms with Crippen molar-refractivity contribution in [2.75, 3.05) is 32.7 Å². The van der Waals surface area contributed by atoms with Gasteiger partial charge in [0.15, 0.2) is 5.69 Å². The molecule has 1 saturated heterocycles. The zero-order valence-electron chi connectivity index (χ0n) is 18.5. The number of rotatable bonds is 9. The van der Waals surface area contributed by atoms with Crippen LogP contribution in [-0.4, -0.2) is 64.6 Å². The van der Waals surface area contributed by atoms with Crippen LogP contribution in [0.5, 0.6) is 0 Å². The van der Waals surface area contributed by atoms with Crippen molar-refractivity contribution in [2.24, 2.45) is 0 Å². The van der Waals surface area contributed by atoms with Crippen LogP contribution in [0.15, 0.2) is 65.3 Å². The number of carbonyl (C=O) groups is 1. The molecule has 1 atom stereocenters. The molecule has 0 bridgehead atoms. The summed E-state index contributed by atoms with van der Waals surface area (Å²) in [6, 6.07) is 16.0. The van der Waals surface area contributed by atoms with E-state index in [0.29, 0.717) is 31.9 Å². The van der Waals surface area contributed by atoms with Gasteiger partial charge < -0.3 is 14.8 Å². The molecule has 1 aliphatic rings. The highest BCUT2D eigenvalue weighted by atomic mass is 19.1. The molecule has 8 heteroatoms. The Morgan fingerprint density at radius 3 is 2.45 bits per heavy atom. The van der Waals surface area contributed by atoms with Crippen molar-refractivity contribution in [1.82, 2.24) is 20.1 Å². The van der Waals surface area contributed by atoms with E-state index >= 15 is 0 Å². The fourth-order valence-electron chi connectivity index (χ4n) is 3.93. The Labute approximate surface area is 192 Å². The molecular formula is C25H29FN4O3. The Morgan fingerprint density at radius 1 is 1.03 bits per heavy atom. The van der Waals surface area contributed by atoms with Crippen LogP contribution < -0.4 is 5.32 Å². The van der Waals surface area contributed by atoms with Gasteiger partial charge in [-0.1, -0.05) is 42.5 Å². The monoisotopic (exact) mass is 452 g/mol. The highest BCUT2D eigenvalue weighted by Gasteiger charge is 2.21. The normalized spacial score (nSPS) is 15.9. The van der Waals surface area contributed by atoms with E-state index in [1.165, 1.54) is 18.4 Å². The lowest BCUT2D eigenvalue weighted by Crippen LogP contribution is -2.48. The number of benzene rings is 2. The lowest BCUT2D eigenvalue weighted by molar-refractivity contribution is 0.0675. The SMILES string of the molecule is O=C(NCc1ccc(F)cc1)c1coc(CN2CCN(C[C@@H](O)Cc3ccccc3)CC2)n1. The Kier molecular flexibility index (Phi) is 7.83. The van der Waals surface area contributed by atoms with Gasteiger partial charge in [-0.25, -0.2) is 9.37 Å². The molecule has 1 aliphatic heterocycles. The van der Waals surface area contributed by atoms with Crippen LogP contribution in [0.25, 0.3) is 0 Å². The number of aliphatic hydroxyl groups excluding tert-OH is 1. The van der Waals surface area contributed by atoms with E-state index < -0.39 is 0 Å². The van der Waals surface area contributed by atoms with E-state index in [0.717, 1.165) is 37.3 Å². The molecule has 2 N–H and O–H groups in total. The molecule has 0 saturated carbocycles. The first-order valence-corrected chi connectivity index (χ1v) is 11.2. The highest BCUT2D eigenvalue weighted by molar-refractivity contribution is 5.91. The van der Waals surface area contributed by atoms with Crippen LogP contribution in [0.1, 0.15) is 27.5 Å². The van der Waals surface area contributed by atoms with Crippen LogP contribution >= 0.6 is 0 Å². The van der Waals surface area contributed by atoms with Gasteiger partial charge in [-0.05, 0) is 29.7 Å². The van der Waals surface area contributed by atoms with Crippen molar-refractivity contribution in [3.63, 3.8) is 0 Å². The Morgan fingerprint density at radius 2 is 1.73 bits per heavy atom. The van der Waals surface area contributed by atoms with Crippen molar-refractivity contribution in [3.05, 3.63) is 89.4 Å². The lowest BCUT2D eigenvalue weighted by atomic mass is 10.1. The summed E-state index contributed by atoms with van der Waals surface area (Å²) in [5.41, 5.74) is 2.18. The van der Waals surface area contributed by atoms with E-state index in [1.807, 2.05) is 30.3 Å². The Balaban J connectivity index is 1.18. The second-order valence-electron chi connectivity index (χ2n) is 8.36. The number of oxazole rings is 1. The first-order chi connectivity index (χ1) is 16.0. The number of hydrogen-bond acceptors (Lipinski definition) is 6. The summed E-state index contributed by atoms with van der Waals surface area (Å²) in [5.74, 6) is -0.138. The third-order valence-electron chi connectivity index (χ3n) is 5.76. The average molecular weight is 453 g/mol. The molecule has 0 radical (unpaired) electrons. The summed E-state index contributed by atoms with van der Waals surface area (Å²) in [7, 11) is 0. The van der Waals surface area contributed by atoms with Crippen LogP contribution in [0.2, 0.25) is 0 Å². The molecule has 1 amide bonds. The van der Waals surface area contributed by atoms with E-state index in [9.17, 15) is 14.3 Å². The minimum atomic E-state index is -0.387. The summed E-state index contributed by atoms with van der Waals surface area (Å²) in [6.07, 6.45) is 1.64. The van der Waals surface area contributed by atoms with Crippen LogP contribution in [0.4, 0.5) is 4.39 Å². The molecular weight excluding hydrogens is 423 g/mol. The average Bonchev–Trinajstić information content (AvgIpc) is 3.29. The van der Waals surface area contributed by atoms with Crippen molar-refractivity contribution < 1.29 is 18.7 Å². The van der Waals surface area contributed by atoms with Crippen molar-refractivity contribution >= 4 is 5.91 Å². The van der Waals surface area contributed by atoms with E-state index in [2.05, 4.69) is 20.1 Å². The minimum Gasteiger partial charge on any atom is -0.447 e.